The van der Waals surface area contributed by atoms with Gasteiger partial charge in [0.25, 0.3) is 0 Å². The molecule has 2 N–H and O–H groups in total. The van der Waals surface area contributed by atoms with Crippen LogP contribution in [0, 0.1) is 17.8 Å². The highest BCUT2D eigenvalue weighted by atomic mass is 16.6. The Balaban J connectivity index is 1.73. The highest BCUT2D eigenvalue weighted by Crippen LogP contribution is 2.47. The molecular weight excluding hydrogens is 238 g/mol. The third kappa shape index (κ3) is 2.45. The van der Waals surface area contributed by atoms with E-state index >= 15 is 0 Å². The third-order valence-corrected chi connectivity index (χ3v) is 6.06. The molecule has 0 aromatic carbocycles. The lowest BCUT2D eigenvalue weighted by molar-refractivity contribution is -0.117. The maximum absolute atomic E-state index is 6.89. The molecule has 1 spiro atoms. The molecule has 2 heterocycles. The van der Waals surface area contributed by atoms with Crippen molar-refractivity contribution in [1.82, 2.24) is 0 Å². The smallest absolute Gasteiger partial charge is 0.0940 e. The van der Waals surface area contributed by atoms with Gasteiger partial charge in [-0.15, -0.1) is 0 Å². The average Bonchev–Trinajstić information content (AvgIpc) is 2.82. The van der Waals surface area contributed by atoms with Gasteiger partial charge >= 0.3 is 0 Å². The van der Waals surface area contributed by atoms with E-state index in [1.165, 1.54) is 19.3 Å². The van der Waals surface area contributed by atoms with E-state index in [1.54, 1.807) is 0 Å². The Bertz CT molecular complexity index is 327. The van der Waals surface area contributed by atoms with Crippen molar-refractivity contribution in [2.45, 2.75) is 63.5 Å². The van der Waals surface area contributed by atoms with E-state index in [4.69, 9.17) is 15.2 Å². The number of nitrogens with two attached hydrogens (primary N) is 1. The molecule has 19 heavy (non-hydrogen) atoms. The van der Waals surface area contributed by atoms with Gasteiger partial charge in [0.05, 0.1) is 12.2 Å². The van der Waals surface area contributed by atoms with Gasteiger partial charge in [0.2, 0.25) is 0 Å². The molecule has 3 aliphatic rings. The zero-order valence-corrected chi connectivity index (χ0v) is 12.5. The van der Waals surface area contributed by atoms with Gasteiger partial charge in [-0.2, -0.15) is 0 Å². The summed E-state index contributed by atoms with van der Waals surface area (Å²) in [6, 6.07) is 0. The SMILES string of the molecule is CC1CCC(N)(C2CCOC3(CCOC3)C2)C(C)C1. The number of hydrogen-bond acceptors (Lipinski definition) is 3. The molecule has 0 aromatic rings. The summed E-state index contributed by atoms with van der Waals surface area (Å²) in [5.41, 5.74) is 6.93. The molecule has 2 aliphatic heterocycles. The van der Waals surface area contributed by atoms with E-state index < -0.39 is 0 Å². The number of ether oxygens (including phenoxy) is 2. The van der Waals surface area contributed by atoms with E-state index in [0.717, 1.165) is 45.0 Å². The summed E-state index contributed by atoms with van der Waals surface area (Å²) in [4.78, 5) is 0. The zero-order valence-electron chi connectivity index (χ0n) is 12.5. The largest absolute Gasteiger partial charge is 0.378 e. The molecule has 0 bridgehead atoms. The summed E-state index contributed by atoms with van der Waals surface area (Å²) in [5, 5.41) is 0. The fraction of sp³-hybridized carbons (Fsp3) is 1.00. The second kappa shape index (κ2) is 5.01. The Morgan fingerprint density at radius 3 is 2.63 bits per heavy atom. The molecule has 5 atom stereocenters. The predicted octanol–water partition coefficient (Wildman–Crippen LogP) is 2.73. The molecule has 3 fully saturated rings. The van der Waals surface area contributed by atoms with Crippen molar-refractivity contribution in [2.24, 2.45) is 23.5 Å². The Labute approximate surface area is 117 Å². The Morgan fingerprint density at radius 1 is 1.11 bits per heavy atom. The van der Waals surface area contributed by atoms with E-state index in [2.05, 4.69) is 13.8 Å². The standard InChI is InChI=1S/C16H29NO2/c1-12-3-5-16(17,13(2)9-12)14-4-7-19-15(10-14)6-8-18-11-15/h12-14H,3-11,17H2,1-2H3. The van der Waals surface area contributed by atoms with Gasteiger partial charge in [0.15, 0.2) is 0 Å². The minimum Gasteiger partial charge on any atom is -0.378 e. The van der Waals surface area contributed by atoms with Gasteiger partial charge in [-0.1, -0.05) is 13.8 Å². The molecule has 3 heteroatoms. The summed E-state index contributed by atoms with van der Waals surface area (Å²) in [6.07, 6.45) is 7.08. The van der Waals surface area contributed by atoms with Gasteiger partial charge in [-0.25, -0.2) is 0 Å². The topological polar surface area (TPSA) is 44.5 Å². The van der Waals surface area contributed by atoms with Crippen LogP contribution in [0.15, 0.2) is 0 Å². The zero-order chi connectivity index (χ0) is 13.5. The van der Waals surface area contributed by atoms with E-state index in [-0.39, 0.29) is 11.1 Å². The minimum absolute atomic E-state index is 0.00191. The fourth-order valence-electron chi connectivity index (χ4n) is 4.64. The van der Waals surface area contributed by atoms with E-state index in [0.29, 0.717) is 11.8 Å². The first kappa shape index (κ1) is 13.8. The normalized spacial score (nSPS) is 51.6. The molecule has 1 aliphatic carbocycles. The van der Waals surface area contributed by atoms with Crippen LogP contribution in [0.25, 0.3) is 0 Å². The Kier molecular flexibility index (Phi) is 3.65. The van der Waals surface area contributed by atoms with Crippen molar-refractivity contribution >= 4 is 0 Å². The highest BCUT2D eigenvalue weighted by Gasteiger charge is 2.49. The van der Waals surface area contributed by atoms with Gasteiger partial charge in [0, 0.05) is 25.2 Å². The third-order valence-electron chi connectivity index (χ3n) is 6.06. The summed E-state index contributed by atoms with van der Waals surface area (Å²) in [6.45, 7) is 7.24. The molecule has 5 unspecified atom stereocenters. The van der Waals surface area contributed by atoms with Crippen LogP contribution in [0.3, 0.4) is 0 Å². The Hall–Kier alpha value is -0.120. The molecule has 110 valence electrons. The van der Waals surface area contributed by atoms with Crippen LogP contribution in [0.5, 0.6) is 0 Å². The molecule has 1 saturated carbocycles. The molecule has 3 nitrogen and oxygen atoms in total. The lowest BCUT2D eigenvalue weighted by Crippen LogP contribution is -2.59. The monoisotopic (exact) mass is 267 g/mol. The van der Waals surface area contributed by atoms with E-state index in [9.17, 15) is 0 Å². The van der Waals surface area contributed by atoms with Gasteiger partial charge < -0.3 is 15.2 Å². The number of hydrogen-bond donors (Lipinski definition) is 1. The second-order valence-electron chi connectivity index (χ2n) is 7.42. The summed E-state index contributed by atoms with van der Waals surface area (Å²) in [7, 11) is 0. The molecule has 0 amide bonds. The van der Waals surface area contributed by atoms with Crippen molar-refractivity contribution in [2.75, 3.05) is 19.8 Å². The molecule has 0 radical (unpaired) electrons. The lowest BCUT2D eigenvalue weighted by atomic mass is 9.61. The summed E-state index contributed by atoms with van der Waals surface area (Å²) < 4.78 is 11.7. The van der Waals surface area contributed by atoms with Crippen LogP contribution in [-0.4, -0.2) is 31.0 Å². The maximum atomic E-state index is 6.89. The highest BCUT2D eigenvalue weighted by molar-refractivity contribution is 5.03. The van der Waals surface area contributed by atoms with Crippen LogP contribution in [0.1, 0.15) is 52.4 Å². The summed E-state index contributed by atoms with van der Waals surface area (Å²) in [5.74, 6) is 2.10. The fourth-order valence-corrected chi connectivity index (χ4v) is 4.64. The first-order valence-electron chi connectivity index (χ1n) is 8.05. The van der Waals surface area contributed by atoms with Crippen LogP contribution >= 0.6 is 0 Å². The molecular formula is C16H29NO2. The van der Waals surface area contributed by atoms with Crippen LogP contribution < -0.4 is 5.73 Å². The van der Waals surface area contributed by atoms with E-state index in [1.807, 2.05) is 0 Å². The van der Waals surface area contributed by atoms with Crippen molar-refractivity contribution < 1.29 is 9.47 Å². The molecule has 2 saturated heterocycles. The quantitative estimate of drug-likeness (QED) is 0.794. The lowest BCUT2D eigenvalue weighted by Gasteiger charge is -2.51. The van der Waals surface area contributed by atoms with Crippen molar-refractivity contribution in [3.05, 3.63) is 0 Å². The molecule has 0 aromatic heterocycles. The van der Waals surface area contributed by atoms with Crippen molar-refractivity contribution in [3.8, 4) is 0 Å². The van der Waals surface area contributed by atoms with Crippen LogP contribution in [0.2, 0.25) is 0 Å². The van der Waals surface area contributed by atoms with Gasteiger partial charge in [-0.05, 0) is 49.9 Å². The summed E-state index contributed by atoms with van der Waals surface area (Å²) >= 11 is 0. The van der Waals surface area contributed by atoms with Crippen molar-refractivity contribution in [3.63, 3.8) is 0 Å². The van der Waals surface area contributed by atoms with Gasteiger partial charge in [-0.3, -0.25) is 0 Å². The molecule has 3 rings (SSSR count). The average molecular weight is 267 g/mol. The Morgan fingerprint density at radius 2 is 1.95 bits per heavy atom. The van der Waals surface area contributed by atoms with Crippen molar-refractivity contribution in [1.29, 1.82) is 0 Å². The first-order chi connectivity index (χ1) is 9.04. The maximum Gasteiger partial charge on any atom is 0.0940 e. The first-order valence-corrected chi connectivity index (χ1v) is 8.05. The van der Waals surface area contributed by atoms with Crippen LogP contribution in [0.4, 0.5) is 0 Å². The van der Waals surface area contributed by atoms with Gasteiger partial charge in [0.1, 0.15) is 0 Å². The number of rotatable bonds is 1. The minimum atomic E-state index is -0.00191. The van der Waals surface area contributed by atoms with Crippen LogP contribution in [-0.2, 0) is 9.47 Å². The predicted molar refractivity (Wildman–Crippen MR) is 75.9 cm³/mol. The second-order valence-corrected chi connectivity index (χ2v) is 7.42.